The number of halogens is 1. The smallest absolute Gasteiger partial charge is 0.236 e. The Kier molecular flexibility index (Phi) is 4.30. The van der Waals surface area contributed by atoms with E-state index in [0.717, 1.165) is 31.5 Å². The molecular weight excluding hydrogens is 270 g/mol. The summed E-state index contributed by atoms with van der Waals surface area (Å²) in [6, 6.07) is 7.81. The molecule has 0 radical (unpaired) electrons. The molecule has 1 heterocycles. The summed E-state index contributed by atoms with van der Waals surface area (Å²) in [7, 11) is 3.95. The molecule has 18 heavy (non-hydrogen) atoms. The third-order valence-electron chi connectivity index (χ3n) is 3.48. The quantitative estimate of drug-likeness (QED) is 0.802. The molecule has 2 rings (SSSR count). The minimum Gasteiger partial charge on any atom is -0.306 e. The summed E-state index contributed by atoms with van der Waals surface area (Å²) in [5, 5.41) is 0. The van der Waals surface area contributed by atoms with Crippen LogP contribution < -0.4 is 0 Å². The van der Waals surface area contributed by atoms with Crippen LogP contribution in [0.4, 0.5) is 0 Å². The zero-order valence-corrected chi connectivity index (χ0v) is 12.0. The van der Waals surface area contributed by atoms with Gasteiger partial charge in [0.25, 0.3) is 0 Å². The molecule has 1 fully saturated rings. The molecule has 1 aromatic rings. The Balaban J connectivity index is 2.12. The largest absolute Gasteiger partial charge is 0.306 e. The zero-order chi connectivity index (χ0) is 13.2. The highest BCUT2D eigenvalue weighted by atomic mass is 35.7. The van der Waals surface area contributed by atoms with E-state index in [0.29, 0.717) is 5.92 Å². The van der Waals surface area contributed by atoms with Crippen molar-refractivity contribution in [3.8, 4) is 0 Å². The van der Waals surface area contributed by atoms with Crippen molar-refractivity contribution < 1.29 is 8.42 Å². The van der Waals surface area contributed by atoms with Crippen LogP contribution in [-0.4, -0.2) is 33.5 Å². The van der Waals surface area contributed by atoms with Crippen LogP contribution in [-0.2, 0) is 14.8 Å². The van der Waals surface area contributed by atoms with Gasteiger partial charge in [-0.05, 0) is 50.0 Å². The summed E-state index contributed by atoms with van der Waals surface area (Å²) < 4.78 is 22.2. The highest BCUT2D eigenvalue weighted by Crippen LogP contribution is 2.28. The fourth-order valence-electron chi connectivity index (χ4n) is 2.48. The first-order valence-electron chi connectivity index (χ1n) is 6.14. The van der Waals surface area contributed by atoms with Crippen molar-refractivity contribution in [2.45, 2.75) is 24.5 Å². The predicted molar refractivity (Wildman–Crippen MR) is 74.4 cm³/mol. The number of nitrogens with zero attached hydrogens (tertiary/aromatic N) is 1. The molecule has 1 aromatic carbocycles. The van der Waals surface area contributed by atoms with Gasteiger partial charge in [-0.3, -0.25) is 0 Å². The van der Waals surface area contributed by atoms with Crippen molar-refractivity contribution in [1.29, 1.82) is 0 Å². The summed E-state index contributed by atoms with van der Waals surface area (Å²) >= 11 is 0. The first-order valence-corrected chi connectivity index (χ1v) is 8.61. The van der Waals surface area contributed by atoms with Crippen molar-refractivity contribution >= 4 is 19.7 Å². The number of hydrogen-bond acceptors (Lipinski definition) is 3. The van der Waals surface area contributed by atoms with E-state index in [1.165, 1.54) is 5.56 Å². The molecule has 0 spiro atoms. The molecule has 0 aromatic heterocycles. The van der Waals surface area contributed by atoms with Crippen LogP contribution >= 0.6 is 10.7 Å². The molecule has 0 bridgehead atoms. The molecule has 1 aliphatic heterocycles. The summed E-state index contributed by atoms with van der Waals surface area (Å²) in [6.45, 7) is 2.20. The molecule has 0 aliphatic carbocycles. The average molecular weight is 288 g/mol. The van der Waals surface area contributed by atoms with Crippen LogP contribution in [0.3, 0.4) is 0 Å². The number of hydrogen-bond donors (Lipinski definition) is 0. The van der Waals surface area contributed by atoms with Gasteiger partial charge in [0.2, 0.25) is 9.05 Å². The Labute approximate surface area is 113 Å². The van der Waals surface area contributed by atoms with Gasteiger partial charge in [0.15, 0.2) is 0 Å². The van der Waals surface area contributed by atoms with Crippen molar-refractivity contribution in [2.75, 3.05) is 20.1 Å². The predicted octanol–water partition coefficient (Wildman–Crippen LogP) is 2.56. The van der Waals surface area contributed by atoms with E-state index in [-0.39, 0.29) is 5.75 Å². The van der Waals surface area contributed by atoms with E-state index in [9.17, 15) is 8.42 Å². The van der Waals surface area contributed by atoms with Gasteiger partial charge in [-0.1, -0.05) is 24.3 Å². The maximum absolute atomic E-state index is 11.1. The van der Waals surface area contributed by atoms with E-state index in [1.54, 1.807) is 0 Å². The van der Waals surface area contributed by atoms with E-state index in [1.807, 2.05) is 18.2 Å². The van der Waals surface area contributed by atoms with Crippen LogP contribution in [0.2, 0.25) is 0 Å². The standard InChI is InChI=1S/C13H18ClNO2S/c1-15-7-5-12(6-8-15)13-4-2-3-11(9-13)10-18(14,16)17/h2-4,9,12H,5-8,10H2,1H3. The molecule has 0 N–H and O–H groups in total. The third-order valence-corrected chi connectivity index (χ3v) is 4.49. The van der Waals surface area contributed by atoms with Gasteiger partial charge >= 0.3 is 0 Å². The number of likely N-dealkylation sites (tertiary alicyclic amines) is 1. The lowest BCUT2D eigenvalue weighted by molar-refractivity contribution is 0.255. The second-order valence-electron chi connectivity index (χ2n) is 5.01. The lowest BCUT2D eigenvalue weighted by Crippen LogP contribution is -2.29. The van der Waals surface area contributed by atoms with E-state index >= 15 is 0 Å². The van der Waals surface area contributed by atoms with Gasteiger partial charge in [0, 0.05) is 10.7 Å². The lowest BCUT2D eigenvalue weighted by Gasteiger charge is -2.29. The summed E-state index contributed by atoms with van der Waals surface area (Å²) in [5.74, 6) is 0.453. The SMILES string of the molecule is CN1CCC(c2cccc(CS(=O)(=O)Cl)c2)CC1. The summed E-state index contributed by atoms with van der Waals surface area (Å²) in [4.78, 5) is 2.32. The Morgan fingerprint density at radius 3 is 2.61 bits per heavy atom. The maximum Gasteiger partial charge on any atom is 0.236 e. The summed E-state index contributed by atoms with van der Waals surface area (Å²) in [5.41, 5.74) is 2.02. The fraction of sp³-hybridized carbons (Fsp3) is 0.538. The van der Waals surface area contributed by atoms with Crippen LogP contribution in [0.5, 0.6) is 0 Å². The minimum absolute atomic E-state index is 0.0883. The van der Waals surface area contributed by atoms with Crippen molar-refractivity contribution in [2.24, 2.45) is 0 Å². The van der Waals surface area contributed by atoms with Crippen molar-refractivity contribution in [3.05, 3.63) is 35.4 Å². The molecular formula is C13H18ClNO2S. The van der Waals surface area contributed by atoms with Gasteiger partial charge < -0.3 is 4.90 Å². The molecule has 3 nitrogen and oxygen atoms in total. The molecule has 1 saturated heterocycles. The first-order chi connectivity index (χ1) is 8.44. The molecule has 0 amide bonds. The number of piperidine rings is 1. The van der Waals surface area contributed by atoms with Crippen LogP contribution in [0.15, 0.2) is 24.3 Å². The van der Waals surface area contributed by atoms with Crippen molar-refractivity contribution in [3.63, 3.8) is 0 Å². The van der Waals surface area contributed by atoms with Gasteiger partial charge in [0.1, 0.15) is 0 Å². The molecule has 0 saturated carbocycles. The molecule has 5 heteroatoms. The van der Waals surface area contributed by atoms with Gasteiger partial charge in [0.05, 0.1) is 5.75 Å². The Morgan fingerprint density at radius 2 is 2.00 bits per heavy atom. The third kappa shape index (κ3) is 3.97. The van der Waals surface area contributed by atoms with E-state index < -0.39 is 9.05 Å². The maximum atomic E-state index is 11.1. The molecule has 0 unspecified atom stereocenters. The van der Waals surface area contributed by atoms with Gasteiger partial charge in [-0.25, -0.2) is 8.42 Å². The second-order valence-corrected chi connectivity index (χ2v) is 7.78. The highest BCUT2D eigenvalue weighted by Gasteiger charge is 2.18. The van der Waals surface area contributed by atoms with Crippen LogP contribution in [0.1, 0.15) is 29.9 Å². The van der Waals surface area contributed by atoms with Crippen molar-refractivity contribution in [1.82, 2.24) is 4.90 Å². The highest BCUT2D eigenvalue weighted by molar-refractivity contribution is 8.13. The first kappa shape index (κ1) is 13.8. The zero-order valence-electron chi connectivity index (χ0n) is 10.5. The lowest BCUT2D eigenvalue weighted by atomic mass is 9.89. The molecule has 0 atom stereocenters. The van der Waals surface area contributed by atoms with Crippen LogP contribution in [0.25, 0.3) is 0 Å². The Morgan fingerprint density at radius 1 is 1.33 bits per heavy atom. The van der Waals surface area contributed by atoms with E-state index in [4.69, 9.17) is 10.7 Å². The van der Waals surface area contributed by atoms with Gasteiger partial charge in [-0.15, -0.1) is 0 Å². The molecule has 1 aliphatic rings. The normalized spacial score (nSPS) is 19.0. The number of rotatable bonds is 3. The summed E-state index contributed by atoms with van der Waals surface area (Å²) in [6.07, 6.45) is 2.27. The molecule has 100 valence electrons. The Bertz CT molecular complexity index is 507. The fourth-order valence-corrected chi connectivity index (χ4v) is 3.43. The van der Waals surface area contributed by atoms with Crippen LogP contribution in [0, 0.1) is 0 Å². The minimum atomic E-state index is -3.47. The van der Waals surface area contributed by atoms with Gasteiger partial charge in [-0.2, -0.15) is 0 Å². The Hall–Kier alpha value is -0.580. The second kappa shape index (κ2) is 5.59. The van der Waals surface area contributed by atoms with E-state index in [2.05, 4.69) is 18.0 Å². The number of benzene rings is 1. The topological polar surface area (TPSA) is 37.4 Å². The monoisotopic (exact) mass is 287 g/mol. The average Bonchev–Trinajstić information content (AvgIpc) is 2.28.